The smallest absolute Gasteiger partial charge is 0.338 e. The number of carbonyl (C=O) groups is 2. The zero-order valence-corrected chi connectivity index (χ0v) is 39.4. The monoisotopic (exact) mass is 981 g/mol. The molecule has 9 heteroatoms. The van der Waals surface area contributed by atoms with E-state index in [-0.39, 0.29) is 72.9 Å². The van der Waals surface area contributed by atoms with Crippen LogP contribution in [0.5, 0.6) is 0 Å². The van der Waals surface area contributed by atoms with Gasteiger partial charge < -0.3 is 48.9 Å². The number of benzene rings is 6. The molecule has 0 saturated heterocycles. The molecule has 2 N–H and O–H groups in total. The highest BCUT2D eigenvalue weighted by Gasteiger charge is 2.37. The van der Waals surface area contributed by atoms with Crippen molar-refractivity contribution in [3.63, 3.8) is 0 Å². The summed E-state index contributed by atoms with van der Waals surface area (Å²) in [5.74, 6) is -1.09. The number of carbonyl (C=O) groups excluding carboxylic acids is 1. The van der Waals surface area contributed by atoms with Gasteiger partial charge in [-0.1, -0.05) is 92.6 Å². The highest BCUT2D eigenvalue weighted by atomic mass is 79.9. The molecule has 318 valence electrons. The van der Waals surface area contributed by atoms with E-state index in [0.717, 1.165) is 49.8 Å². The summed E-state index contributed by atoms with van der Waals surface area (Å²) in [4.78, 5) is 31.1. The Bertz CT molecular complexity index is 2100. The molecule has 0 aliphatic heterocycles. The van der Waals surface area contributed by atoms with Crippen LogP contribution >= 0.6 is 0 Å². The molecule has 6 aromatic carbocycles. The fourth-order valence-electron chi connectivity index (χ4n) is 7.59. The summed E-state index contributed by atoms with van der Waals surface area (Å²) < 4.78 is 5.97. The number of halogens is 2. The van der Waals surface area contributed by atoms with Crippen LogP contribution in [0, 0.1) is 6.92 Å². The van der Waals surface area contributed by atoms with Crippen molar-refractivity contribution in [1.82, 2.24) is 0 Å². The van der Waals surface area contributed by atoms with E-state index in [2.05, 4.69) is 98.8 Å². The second-order valence-electron chi connectivity index (χ2n) is 15.0. The molecule has 5 nitrogen and oxygen atoms in total. The summed E-state index contributed by atoms with van der Waals surface area (Å²) in [6, 6.07) is 56.8. The van der Waals surface area contributed by atoms with Crippen molar-refractivity contribution in [1.29, 1.82) is 0 Å². The van der Waals surface area contributed by atoms with Crippen LogP contribution in [0.4, 0.5) is 0 Å². The molecule has 8 rings (SSSR count). The highest BCUT2D eigenvalue weighted by molar-refractivity contribution is 7.97. The van der Waals surface area contributed by atoms with E-state index in [4.69, 9.17) is 9.84 Å². The van der Waals surface area contributed by atoms with Gasteiger partial charge in [0.2, 0.25) is 0 Å². The molecule has 2 aliphatic carbocycles. The molecular weight excluding hydrogens is 929 g/mol. The van der Waals surface area contributed by atoms with Crippen molar-refractivity contribution in [2.24, 2.45) is 0 Å². The molecule has 2 aliphatic rings. The first-order valence-electron chi connectivity index (χ1n) is 20.6. The van der Waals surface area contributed by atoms with Crippen molar-refractivity contribution in [2.45, 2.75) is 112 Å². The van der Waals surface area contributed by atoms with Crippen molar-refractivity contribution in [3.8, 4) is 0 Å². The lowest BCUT2D eigenvalue weighted by molar-refractivity contribution is -0.0173. The Morgan fingerprint density at radius 3 is 1.13 bits per heavy atom. The molecule has 0 radical (unpaired) electrons. The number of ether oxygens (including phenoxy) is 1. The van der Waals surface area contributed by atoms with Crippen LogP contribution in [0.25, 0.3) is 0 Å². The minimum absolute atomic E-state index is 0. The second-order valence-corrected chi connectivity index (χ2v) is 19.1. The van der Waals surface area contributed by atoms with Gasteiger partial charge in [0.15, 0.2) is 29.4 Å². The van der Waals surface area contributed by atoms with Gasteiger partial charge in [-0.2, -0.15) is 0 Å². The average molecular weight is 984 g/mol. The third-order valence-corrected chi connectivity index (χ3v) is 15.5. The SMILES string of the molecule is CCC1(OC(=O)c2ccc([S+](c3ccccc3)c3ccccc3)cc2)CCCC1.O=C(O)c1ccc([S+](c2ccccc2)c2ccccc2)cc1.[Br-].[Br-].[CH2+]CC1(O)CCCC1. The van der Waals surface area contributed by atoms with Gasteiger partial charge in [-0.15, -0.1) is 0 Å². The van der Waals surface area contributed by atoms with Gasteiger partial charge in [0.1, 0.15) is 17.6 Å². The van der Waals surface area contributed by atoms with Gasteiger partial charge >= 0.3 is 11.9 Å². The van der Waals surface area contributed by atoms with E-state index in [1.165, 1.54) is 37.3 Å². The van der Waals surface area contributed by atoms with Crippen LogP contribution in [0.1, 0.15) is 91.8 Å². The van der Waals surface area contributed by atoms with E-state index < -0.39 is 5.97 Å². The zero-order valence-electron chi connectivity index (χ0n) is 34.6. The van der Waals surface area contributed by atoms with E-state index >= 15 is 0 Å². The van der Waals surface area contributed by atoms with E-state index in [0.29, 0.717) is 17.5 Å². The molecule has 0 aromatic heterocycles. The summed E-state index contributed by atoms with van der Waals surface area (Å²) >= 11 is 0. The van der Waals surface area contributed by atoms with Crippen LogP contribution in [0.2, 0.25) is 0 Å². The number of aromatic carboxylic acids is 1. The van der Waals surface area contributed by atoms with Crippen LogP contribution in [-0.4, -0.2) is 33.4 Å². The number of carboxylic acid groups (broad SMARTS) is 1. The predicted molar refractivity (Wildman–Crippen MR) is 240 cm³/mol. The predicted octanol–water partition coefficient (Wildman–Crippen LogP) is 6.67. The Balaban J connectivity index is 0.000000226. The minimum atomic E-state index is -0.897. The van der Waals surface area contributed by atoms with Gasteiger partial charge in [0.05, 0.1) is 39.8 Å². The summed E-state index contributed by atoms with van der Waals surface area (Å²) in [6.45, 7) is 5.81. The average Bonchev–Trinajstić information content (AvgIpc) is 3.96. The summed E-state index contributed by atoms with van der Waals surface area (Å²) in [7, 11) is -0.431. The second kappa shape index (κ2) is 24.4. The molecule has 0 unspecified atom stereocenters. The molecule has 6 aromatic rings. The van der Waals surface area contributed by atoms with E-state index in [1.807, 2.05) is 72.8 Å². The topological polar surface area (TPSA) is 83.8 Å². The lowest BCUT2D eigenvalue weighted by Gasteiger charge is -2.27. The lowest BCUT2D eigenvalue weighted by atomic mass is 9.98. The molecule has 0 atom stereocenters. The normalized spacial score (nSPS) is 14.6. The van der Waals surface area contributed by atoms with Crippen LogP contribution in [0.15, 0.2) is 199 Å². The standard InChI is InChI=1S/C26H27O2S.C19H14O2S.C7H13O.2BrH/c1-2-26(19-9-10-20-26)28-25(27)21-15-17-24(18-16-21)29(22-11-5-3-6-12-22)23-13-7-4-8-14-23;20-19(21)15-11-13-18(14-12-15)22(16-7-3-1-4-8-16)17-9-5-2-6-10-17;1-2-7(8)5-3-4-6-7;;/h3-8,11-18H,2,9-10,19-20H2,1H3;1-14H;8H,1-6H2;2*1H/q+1;;+1;;/p-1. The van der Waals surface area contributed by atoms with Crippen LogP contribution in [-0.2, 0) is 26.5 Å². The zero-order chi connectivity index (χ0) is 41.5. The number of esters is 1. The molecule has 0 bridgehead atoms. The van der Waals surface area contributed by atoms with Crippen molar-refractivity contribution in [3.05, 3.63) is 188 Å². The fourth-order valence-corrected chi connectivity index (χ4v) is 11.8. The Hall–Kier alpha value is -4.25. The Kier molecular flexibility index (Phi) is 19.8. The summed E-state index contributed by atoms with van der Waals surface area (Å²) in [5, 5.41) is 18.5. The largest absolute Gasteiger partial charge is 1.00 e. The van der Waals surface area contributed by atoms with E-state index in [1.54, 1.807) is 12.1 Å². The Labute approximate surface area is 389 Å². The molecule has 2 saturated carbocycles. The third kappa shape index (κ3) is 13.6. The first-order chi connectivity index (χ1) is 28.7. The minimum Gasteiger partial charge on any atom is -1.00 e. The van der Waals surface area contributed by atoms with Gasteiger partial charge in [-0.3, -0.25) is 0 Å². The van der Waals surface area contributed by atoms with Gasteiger partial charge in [0.25, 0.3) is 0 Å². The maximum Gasteiger partial charge on any atom is 0.338 e. The molecular formula is C52H55Br2O5S2+. The summed E-state index contributed by atoms with van der Waals surface area (Å²) in [5.41, 5.74) is 0.320. The van der Waals surface area contributed by atoms with E-state index in [9.17, 15) is 14.7 Å². The van der Waals surface area contributed by atoms with Crippen molar-refractivity contribution in [2.75, 3.05) is 0 Å². The maximum atomic E-state index is 12.8. The summed E-state index contributed by atoms with van der Waals surface area (Å²) in [6.07, 6.45) is 10.2. The molecule has 0 amide bonds. The maximum absolute atomic E-state index is 12.8. The Morgan fingerprint density at radius 2 is 0.836 bits per heavy atom. The fraction of sp³-hybridized carbons (Fsp3) is 0.250. The number of aliphatic hydroxyl groups is 1. The van der Waals surface area contributed by atoms with Gasteiger partial charge in [0, 0.05) is 0 Å². The number of carboxylic acids is 1. The third-order valence-electron chi connectivity index (χ3n) is 11.0. The number of hydrogen-bond donors (Lipinski definition) is 2. The first kappa shape index (κ1) is 49.4. The molecule has 0 heterocycles. The van der Waals surface area contributed by atoms with Gasteiger partial charge in [-0.25, -0.2) is 9.59 Å². The number of rotatable bonds is 11. The molecule has 61 heavy (non-hydrogen) atoms. The number of hydrogen-bond acceptors (Lipinski definition) is 4. The van der Waals surface area contributed by atoms with Gasteiger partial charge in [-0.05, 0) is 142 Å². The quantitative estimate of drug-likeness (QED) is 0.0863. The first-order valence-corrected chi connectivity index (χ1v) is 23.1. The Morgan fingerprint density at radius 1 is 0.525 bits per heavy atom. The van der Waals surface area contributed by atoms with Crippen LogP contribution < -0.4 is 34.0 Å². The lowest BCUT2D eigenvalue weighted by Crippen LogP contribution is -3.00. The highest BCUT2D eigenvalue weighted by Crippen LogP contribution is 2.37. The van der Waals surface area contributed by atoms with Crippen molar-refractivity contribution >= 4 is 33.7 Å². The van der Waals surface area contributed by atoms with Crippen LogP contribution in [0.3, 0.4) is 0 Å². The van der Waals surface area contributed by atoms with Crippen molar-refractivity contribution < 1.29 is 58.5 Å². The molecule has 0 spiro atoms. The molecule has 2 fully saturated rings.